The van der Waals surface area contributed by atoms with E-state index >= 15 is 0 Å². The molecule has 2 nitrogen and oxygen atoms in total. The average Bonchev–Trinajstić information content (AvgIpc) is 2.29. The topological polar surface area (TPSA) is 21.3 Å². The first-order valence-corrected chi connectivity index (χ1v) is 6.58. The molecule has 0 unspecified atom stereocenters. The number of nitrogens with one attached hydrogen (secondary N) is 1. The SMILES string of the molecule is CNCCCc1cccc(OCCC(C)C)c1. The molecule has 0 bridgehead atoms. The third-order valence-electron chi connectivity index (χ3n) is 2.75. The van der Waals surface area contributed by atoms with Crippen molar-refractivity contribution in [3.63, 3.8) is 0 Å². The standard InChI is InChI=1S/C15H25NO/c1-13(2)9-11-17-15-8-4-6-14(12-15)7-5-10-16-3/h4,6,8,12-13,16H,5,7,9-11H2,1-3H3. The first-order chi connectivity index (χ1) is 8.22. The number of hydrogen-bond acceptors (Lipinski definition) is 2. The summed E-state index contributed by atoms with van der Waals surface area (Å²) in [4.78, 5) is 0. The molecule has 0 aliphatic rings. The van der Waals surface area contributed by atoms with Gasteiger partial charge in [0.05, 0.1) is 6.61 Å². The number of ether oxygens (including phenoxy) is 1. The number of benzene rings is 1. The molecule has 0 spiro atoms. The fourth-order valence-corrected chi connectivity index (χ4v) is 1.67. The normalized spacial score (nSPS) is 10.8. The highest BCUT2D eigenvalue weighted by molar-refractivity contribution is 5.28. The van der Waals surface area contributed by atoms with Gasteiger partial charge in [-0.2, -0.15) is 0 Å². The van der Waals surface area contributed by atoms with Crippen molar-refractivity contribution in [1.82, 2.24) is 5.32 Å². The molecule has 0 saturated heterocycles. The first-order valence-electron chi connectivity index (χ1n) is 6.58. The van der Waals surface area contributed by atoms with E-state index < -0.39 is 0 Å². The maximum absolute atomic E-state index is 5.75. The maximum atomic E-state index is 5.75. The molecule has 0 fully saturated rings. The van der Waals surface area contributed by atoms with Gasteiger partial charge in [0.2, 0.25) is 0 Å². The summed E-state index contributed by atoms with van der Waals surface area (Å²) in [6, 6.07) is 8.46. The van der Waals surface area contributed by atoms with Gasteiger partial charge in [0.1, 0.15) is 5.75 Å². The van der Waals surface area contributed by atoms with Gasteiger partial charge in [0, 0.05) is 0 Å². The van der Waals surface area contributed by atoms with Crippen molar-refractivity contribution in [2.45, 2.75) is 33.1 Å². The average molecular weight is 235 g/mol. The number of rotatable bonds is 8. The Kier molecular flexibility index (Phi) is 6.71. The number of hydrogen-bond donors (Lipinski definition) is 1. The van der Waals surface area contributed by atoms with Crippen molar-refractivity contribution in [2.24, 2.45) is 5.92 Å². The Bertz CT molecular complexity index is 310. The predicted molar refractivity (Wildman–Crippen MR) is 73.6 cm³/mol. The van der Waals surface area contributed by atoms with Crippen LogP contribution >= 0.6 is 0 Å². The Morgan fingerprint density at radius 1 is 1.29 bits per heavy atom. The van der Waals surface area contributed by atoms with Gasteiger partial charge in [-0.15, -0.1) is 0 Å². The molecule has 1 rings (SSSR count). The monoisotopic (exact) mass is 235 g/mol. The van der Waals surface area contributed by atoms with Gasteiger partial charge in [-0.25, -0.2) is 0 Å². The van der Waals surface area contributed by atoms with E-state index in [-0.39, 0.29) is 0 Å². The van der Waals surface area contributed by atoms with Crippen LogP contribution in [0.15, 0.2) is 24.3 Å². The van der Waals surface area contributed by atoms with Crippen molar-refractivity contribution in [3.05, 3.63) is 29.8 Å². The lowest BCUT2D eigenvalue weighted by Crippen LogP contribution is -2.08. The molecule has 0 saturated carbocycles. The highest BCUT2D eigenvalue weighted by atomic mass is 16.5. The van der Waals surface area contributed by atoms with Crippen LogP contribution in [0.25, 0.3) is 0 Å². The smallest absolute Gasteiger partial charge is 0.119 e. The second kappa shape index (κ2) is 8.13. The summed E-state index contributed by atoms with van der Waals surface area (Å²) in [6.07, 6.45) is 3.40. The summed E-state index contributed by atoms with van der Waals surface area (Å²) in [6.45, 7) is 6.32. The lowest BCUT2D eigenvalue weighted by Gasteiger charge is -2.09. The number of aryl methyl sites for hydroxylation is 1. The van der Waals surface area contributed by atoms with Crippen LogP contribution in [-0.2, 0) is 6.42 Å². The molecule has 0 aliphatic heterocycles. The summed E-state index contributed by atoms with van der Waals surface area (Å²) in [5.41, 5.74) is 1.36. The third kappa shape index (κ3) is 6.32. The molecule has 1 aromatic rings. The maximum Gasteiger partial charge on any atom is 0.119 e. The fourth-order valence-electron chi connectivity index (χ4n) is 1.67. The van der Waals surface area contributed by atoms with Crippen LogP contribution in [0.4, 0.5) is 0 Å². The molecular weight excluding hydrogens is 210 g/mol. The molecule has 17 heavy (non-hydrogen) atoms. The molecule has 0 atom stereocenters. The van der Waals surface area contributed by atoms with E-state index in [1.54, 1.807) is 0 Å². The molecule has 1 N–H and O–H groups in total. The van der Waals surface area contributed by atoms with Gasteiger partial charge in [-0.1, -0.05) is 26.0 Å². The largest absolute Gasteiger partial charge is 0.494 e. The van der Waals surface area contributed by atoms with E-state index in [0.29, 0.717) is 5.92 Å². The summed E-state index contributed by atoms with van der Waals surface area (Å²) < 4.78 is 5.75. The van der Waals surface area contributed by atoms with Crippen molar-refractivity contribution >= 4 is 0 Å². The van der Waals surface area contributed by atoms with Crippen LogP contribution in [0.2, 0.25) is 0 Å². The molecule has 0 aromatic heterocycles. The second-order valence-corrected chi connectivity index (χ2v) is 4.89. The van der Waals surface area contributed by atoms with Crippen LogP contribution in [0.1, 0.15) is 32.3 Å². The van der Waals surface area contributed by atoms with Gasteiger partial charge < -0.3 is 10.1 Å². The van der Waals surface area contributed by atoms with Crippen molar-refractivity contribution in [3.8, 4) is 5.75 Å². The Morgan fingerprint density at radius 3 is 2.82 bits per heavy atom. The van der Waals surface area contributed by atoms with Gasteiger partial charge in [0.25, 0.3) is 0 Å². The van der Waals surface area contributed by atoms with Crippen LogP contribution < -0.4 is 10.1 Å². The van der Waals surface area contributed by atoms with Crippen LogP contribution in [0.3, 0.4) is 0 Å². The summed E-state index contributed by atoms with van der Waals surface area (Å²) in [5, 5.41) is 3.17. The van der Waals surface area contributed by atoms with Crippen molar-refractivity contribution in [1.29, 1.82) is 0 Å². The minimum atomic E-state index is 0.703. The second-order valence-electron chi connectivity index (χ2n) is 4.89. The predicted octanol–water partition coefficient (Wildman–Crippen LogP) is 3.26. The minimum Gasteiger partial charge on any atom is -0.494 e. The van der Waals surface area contributed by atoms with Gasteiger partial charge in [-0.3, -0.25) is 0 Å². The Hall–Kier alpha value is -1.02. The zero-order valence-corrected chi connectivity index (χ0v) is 11.3. The zero-order chi connectivity index (χ0) is 12.5. The Morgan fingerprint density at radius 2 is 2.12 bits per heavy atom. The quantitative estimate of drug-likeness (QED) is 0.698. The van der Waals surface area contributed by atoms with E-state index in [9.17, 15) is 0 Å². The molecule has 0 aliphatic carbocycles. The van der Waals surface area contributed by atoms with E-state index in [2.05, 4.69) is 37.4 Å². The van der Waals surface area contributed by atoms with Gasteiger partial charge in [-0.05, 0) is 56.5 Å². The molecule has 96 valence electrons. The molecule has 1 aromatic carbocycles. The Balaban J connectivity index is 2.37. The van der Waals surface area contributed by atoms with E-state index in [1.807, 2.05) is 13.1 Å². The van der Waals surface area contributed by atoms with E-state index in [4.69, 9.17) is 4.74 Å². The molecule has 0 amide bonds. The summed E-state index contributed by atoms with van der Waals surface area (Å²) in [7, 11) is 1.99. The van der Waals surface area contributed by atoms with Gasteiger partial charge >= 0.3 is 0 Å². The van der Waals surface area contributed by atoms with Crippen LogP contribution in [-0.4, -0.2) is 20.2 Å². The summed E-state index contributed by atoms with van der Waals surface area (Å²) >= 11 is 0. The summed E-state index contributed by atoms with van der Waals surface area (Å²) in [5.74, 6) is 1.71. The third-order valence-corrected chi connectivity index (χ3v) is 2.75. The van der Waals surface area contributed by atoms with Crippen molar-refractivity contribution < 1.29 is 4.74 Å². The molecule has 2 heteroatoms. The fraction of sp³-hybridized carbons (Fsp3) is 0.600. The van der Waals surface area contributed by atoms with E-state index in [0.717, 1.165) is 31.7 Å². The lowest BCUT2D eigenvalue weighted by atomic mass is 10.1. The molecule has 0 radical (unpaired) electrons. The van der Waals surface area contributed by atoms with Crippen LogP contribution in [0, 0.1) is 5.92 Å². The Labute approximate surface area is 105 Å². The van der Waals surface area contributed by atoms with Crippen LogP contribution in [0.5, 0.6) is 5.75 Å². The highest BCUT2D eigenvalue weighted by Gasteiger charge is 1.98. The van der Waals surface area contributed by atoms with Gasteiger partial charge in [0.15, 0.2) is 0 Å². The first kappa shape index (κ1) is 14.0. The van der Waals surface area contributed by atoms with Crippen molar-refractivity contribution in [2.75, 3.05) is 20.2 Å². The zero-order valence-electron chi connectivity index (χ0n) is 11.3. The lowest BCUT2D eigenvalue weighted by molar-refractivity contribution is 0.289. The highest BCUT2D eigenvalue weighted by Crippen LogP contribution is 2.15. The molecule has 0 heterocycles. The minimum absolute atomic E-state index is 0.703. The molecular formula is C15H25NO. The van der Waals surface area contributed by atoms with E-state index in [1.165, 1.54) is 12.0 Å².